The first-order valence-corrected chi connectivity index (χ1v) is 21.8. The molecule has 1 spiro atoms. The van der Waals surface area contributed by atoms with Crippen LogP contribution in [0.4, 0.5) is 17.1 Å². The standard InChI is InChI=1S/C61H40N2/c1-4-16-41(17-5-1)42-28-33-47(34-29-42)62(45-18-6-2-7-19-45)48-35-30-43(31-36-48)44-32-38-57-52(40-44)60-58(63(57)46-20-8-3-9-21-46)39-37-56-59(60)51-24-12-15-27-55(51)61(56)53-25-13-10-22-49(53)50-23-11-14-26-54(50)61/h1-40H. The molecule has 0 bridgehead atoms. The summed E-state index contributed by atoms with van der Waals surface area (Å²) in [5.41, 5.74) is 22.0. The Morgan fingerprint density at radius 2 is 0.762 bits per heavy atom. The van der Waals surface area contributed by atoms with Crippen LogP contribution in [0.2, 0.25) is 0 Å². The lowest BCUT2D eigenvalue weighted by molar-refractivity contribution is 0.794. The second kappa shape index (κ2) is 13.9. The summed E-state index contributed by atoms with van der Waals surface area (Å²) >= 11 is 0. The molecule has 1 aromatic heterocycles. The van der Waals surface area contributed by atoms with Crippen molar-refractivity contribution in [3.05, 3.63) is 265 Å². The molecule has 10 aromatic carbocycles. The molecule has 2 aliphatic carbocycles. The Morgan fingerprint density at radius 3 is 1.38 bits per heavy atom. The summed E-state index contributed by atoms with van der Waals surface area (Å²) in [6.45, 7) is 0. The lowest BCUT2D eigenvalue weighted by Crippen LogP contribution is -2.25. The SMILES string of the molecule is c1ccc(-c2ccc(N(c3ccccc3)c3ccc(-c4ccc5c(c4)c4c6c(ccc4n5-c4ccccc4)C4(c5ccccc5-c5ccccc54)c4ccccc4-6)cc3)cc2)cc1. The molecule has 0 aliphatic heterocycles. The highest BCUT2D eigenvalue weighted by molar-refractivity contribution is 6.19. The number of para-hydroxylation sites is 2. The molecule has 0 saturated heterocycles. The summed E-state index contributed by atoms with van der Waals surface area (Å²) in [5.74, 6) is 0. The van der Waals surface area contributed by atoms with Crippen LogP contribution in [-0.4, -0.2) is 4.57 Å². The Hall–Kier alpha value is -8.20. The van der Waals surface area contributed by atoms with E-state index in [1.54, 1.807) is 0 Å². The third-order valence-corrected chi connectivity index (χ3v) is 13.6. The van der Waals surface area contributed by atoms with E-state index in [0.717, 1.165) is 22.7 Å². The fourth-order valence-electron chi connectivity index (χ4n) is 11.0. The van der Waals surface area contributed by atoms with Gasteiger partial charge in [0.2, 0.25) is 0 Å². The van der Waals surface area contributed by atoms with Crippen LogP contribution >= 0.6 is 0 Å². The van der Waals surface area contributed by atoms with Gasteiger partial charge in [-0.2, -0.15) is 0 Å². The highest BCUT2D eigenvalue weighted by atomic mass is 15.1. The van der Waals surface area contributed by atoms with Gasteiger partial charge in [-0.3, -0.25) is 0 Å². The van der Waals surface area contributed by atoms with Crippen LogP contribution in [0.25, 0.3) is 72.0 Å². The minimum absolute atomic E-state index is 0.408. The lowest BCUT2D eigenvalue weighted by Gasteiger charge is -2.30. The van der Waals surface area contributed by atoms with Gasteiger partial charge >= 0.3 is 0 Å². The number of benzene rings is 10. The largest absolute Gasteiger partial charge is 0.311 e. The predicted octanol–water partition coefficient (Wildman–Crippen LogP) is 15.9. The Kier molecular flexibility index (Phi) is 7.85. The average molecular weight is 801 g/mol. The molecule has 0 fully saturated rings. The highest BCUT2D eigenvalue weighted by Crippen LogP contribution is 2.64. The van der Waals surface area contributed by atoms with E-state index >= 15 is 0 Å². The van der Waals surface area contributed by atoms with Crippen molar-refractivity contribution in [1.29, 1.82) is 0 Å². The summed E-state index contributed by atoms with van der Waals surface area (Å²) in [5, 5.41) is 2.55. The number of hydrogen-bond acceptors (Lipinski definition) is 1. The zero-order valence-electron chi connectivity index (χ0n) is 34.5. The van der Waals surface area contributed by atoms with Gasteiger partial charge in [0.1, 0.15) is 0 Å². The van der Waals surface area contributed by atoms with Crippen molar-refractivity contribution in [2.75, 3.05) is 4.90 Å². The molecule has 63 heavy (non-hydrogen) atoms. The molecule has 13 rings (SSSR count). The summed E-state index contributed by atoms with van der Waals surface area (Å²) < 4.78 is 2.46. The van der Waals surface area contributed by atoms with E-state index in [9.17, 15) is 0 Å². The van der Waals surface area contributed by atoms with Crippen molar-refractivity contribution >= 4 is 38.9 Å². The maximum Gasteiger partial charge on any atom is 0.0725 e. The van der Waals surface area contributed by atoms with E-state index in [1.165, 1.54) is 88.6 Å². The smallest absolute Gasteiger partial charge is 0.0725 e. The molecule has 0 amide bonds. The third kappa shape index (κ3) is 5.19. The fourth-order valence-corrected chi connectivity index (χ4v) is 11.0. The van der Waals surface area contributed by atoms with Crippen LogP contribution in [0, 0.1) is 0 Å². The molecule has 2 nitrogen and oxygen atoms in total. The molecule has 0 saturated carbocycles. The van der Waals surface area contributed by atoms with Gasteiger partial charge in [0.05, 0.1) is 16.4 Å². The molecule has 0 unspecified atom stereocenters. The quantitative estimate of drug-likeness (QED) is 0.163. The minimum Gasteiger partial charge on any atom is -0.311 e. The molecule has 294 valence electrons. The zero-order valence-corrected chi connectivity index (χ0v) is 34.5. The summed E-state index contributed by atoms with van der Waals surface area (Å²) in [6, 6.07) is 89.2. The minimum atomic E-state index is -0.408. The maximum atomic E-state index is 2.46. The number of rotatable bonds is 6. The molecule has 1 heterocycles. The number of fused-ring (bicyclic) bond motifs is 14. The second-order valence-electron chi connectivity index (χ2n) is 16.8. The first-order valence-electron chi connectivity index (χ1n) is 21.8. The van der Waals surface area contributed by atoms with Crippen molar-refractivity contribution in [2.45, 2.75) is 5.41 Å². The van der Waals surface area contributed by atoms with Crippen molar-refractivity contribution in [3.8, 4) is 50.2 Å². The maximum absolute atomic E-state index is 2.46. The molecule has 0 radical (unpaired) electrons. The van der Waals surface area contributed by atoms with Gasteiger partial charge in [-0.05, 0) is 133 Å². The second-order valence-corrected chi connectivity index (χ2v) is 16.8. The van der Waals surface area contributed by atoms with Crippen LogP contribution in [0.15, 0.2) is 243 Å². The molecule has 0 N–H and O–H groups in total. The predicted molar refractivity (Wildman–Crippen MR) is 263 cm³/mol. The van der Waals surface area contributed by atoms with E-state index in [0.29, 0.717) is 0 Å². The number of nitrogens with zero attached hydrogens (tertiary/aromatic N) is 2. The molecule has 0 atom stereocenters. The summed E-state index contributed by atoms with van der Waals surface area (Å²) in [6.07, 6.45) is 0. The van der Waals surface area contributed by atoms with E-state index in [4.69, 9.17) is 0 Å². The van der Waals surface area contributed by atoms with E-state index in [-0.39, 0.29) is 0 Å². The van der Waals surface area contributed by atoms with Gasteiger partial charge in [0.15, 0.2) is 0 Å². The molecule has 11 aromatic rings. The van der Waals surface area contributed by atoms with Crippen LogP contribution in [0.3, 0.4) is 0 Å². The van der Waals surface area contributed by atoms with E-state index in [2.05, 4.69) is 252 Å². The fraction of sp³-hybridized carbons (Fsp3) is 0.0164. The van der Waals surface area contributed by atoms with E-state index in [1.807, 2.05) is 0 Å². The first kappa shape index (κ1) is 35.5. The molecular formula is C61H40N2. The third-order valence-electron chi connectivity index (χ3n) is 13.6. The van der Waals surface area contributed by atoms with Gasteiger partial charge in [-0.25, -0.2) is 0 Å². The summed E-state index contributed by atoms with van der Waals surface area (Å²) in [4.78, 5) is 2.34. The Balaban J connectivity index is 0.998. The number of aromatic nitrogens is 1. The van der Waals surface area contributed by atoms with Gasteiger partial charge in [0.25, 0.3) is 0 Å². The van der Waals surface area contributed by atoms with E-state index < -0.39 is 5.41 Å². The van der Waals surface area contributed by atoms with Crippen molar-refractivity contribution in [1.82, 2.24) is 4.57 Å². The Morgan fingerprint density at radius 1 is 0.317 bits per heavy atom. The van der Waals surface area contributed by atoms with Crippen molar-refractivity contribution in [3.63, 3.8) is 0 Å². The Labute approximate surface area is 367 Å². The monoisotopic (exact) mass is 800 g/mol. The molecule has 2 aliphatic rings. The number of anilines is 3. The summed E-state index contributed by atoms with van der Waals surface area (Å²) in [7, 11) is 0. The molecular weight excluding hydrogens is 761 g/mol. The first-order chi connectivity index (χ1) is 31.3. The van der Waals surface area contributed by atoms with Crippen LogP contribution in [-0.2, 0) is 5.41 Å². The lowest BCUT2D eigenvalue weighted by atomic mass is 9.70. The van der Waals surface area contributed by atoms with Crippen LogP contribution < -0.4 is 4.90 Å². The normalized spacial score (nSPS) is 12.9. The zero-order chi connectivity index (χ0) is 41.5. The number of hydrogen-bond donors (Lipinski definition) is 0. The average Bonchev–Trinajstić information content (AvgIpc) is 3.97. The topological polar surface area (TPSA) is 8.17 Å². The van der Waals surface area contributed by atoms with Crippen molar-refractivity contribution in [2.24, 2.45) is 0 Å². The van der Waals surface area contributed by atoms with Crippen molar-refractivity contribution < 1.29 is 0 Å². The Bertz CT molecular complexity index is 3480. The van der Waals surface area contributed by atoms with Gasteiger partial charge in [-0.15, -0.1) is 0 Å². The molecule has 2 heteroatoms. The van der Waals surface area contributed by atoms with Crippen LogP contribution in [0.5, 0.6) is 0 Å². The van der Waals surface area contributed by atoms with Gasteiger partial charge in [0, 0.05) is 33.5 Å². The van der Waals surface area contributed by atoms with Crippen LogP contribution in [0.1, 0.15) is 22.3 Å². The van der Waals surface area contributed by atoms with Gasteiger partial charge < -0.3 is 9.47 Å². The van der Waals surface area contributed by atoms with Gasteiger partial charge in [-0.1, -0.05) is 176 Å². The highest BCUT2D eigenvalue weighted by Gasteiger charge is 2.52.